The second kappa shape index (κ2) is 10.5. The number of rotatable bonds is 9. The highest BCUT2D eigenvalue weighted by Gasteiger charge is 2.21. The Morgan fingerprint density at radius 2 is 1.74 bits per heavy atom. The molecule has 0 unspecified atom stereocenters. The lowest BCUT2D eigenvalue weighted by atomic mass is 9.92. The molecule has 7 heteroatoms. The molecular formula is C24H36N4O3. The second-order valence-electron chi connectivity index (χ2n) is 9.53. The van der Waals surface area contributed by atoms with E-state index in [1.807, 2.05) is 77.0 Å². The van der Waals surface area contributed by atoms with Crippen LogP contribution in [-0.2, 0) is 11.3 Å². The number of furan rings is 1. The van der Waals surface area contributed by atoms with Gasteiger partial charge in [-0.05, 0) is 55.4 Å². The minimum absolute atomic E-state index is 0.0211. The molecule has 0 atom stereocenters. The Labute approximate surface area is 186 Å². The van der Waals surface area contributed by atoms with Crippen molar-refractivity contribution in [3.8, 4) is 0 Å². The summed E-state index contributed by atoms with van der Waals surface area (Å²) in [7, 11) is 7.89. The average Bonchev–Trinajstić information content (AvgIpc) is 3.17. The monoisotopic (exact) mass is 428 g/mol. The highest BCUT2D eigenvalue weighted by molar-refractivity contribution is 5.92. The number of hydrogen-bond donors (Lipinski definition) is 1. The predicted octanol–water partition coefficient (Wildman–Crippen LogP) is 3.92. The Hall–Kier alpha value is -2.80. The number of amides is 2. The molecule has 0 saturated carbocycles. The van der Waals surface area contributed by atoms with Gasteiger partial charge in [0.05, 0.1) is 6.26 Å². The van der Waals surface area contributed by atoms with E-state index >= 15 is 0 Å². The third kappa shape index (κ3) is 7.75. The van der Waals surface area contributed by atoms with E-state index in [9.17, 15) is 9.59 Å². The number of benzene rings is 1. The van der Waals surface area contributed by atoms with Gasteiger partial charge in [-0.1, -0.05) is 20.8 Å². The fourth-order valence-corrected chi connectivity index (χ4v) is 3.25. The molecule has 0 spiro atoms. The summed E-state index contributed by atoms with van der Waals surface area (Å²) in [6, 6.07) is 9.23. The number of nitrogens with zero attached hydrogens (tertiary/aromatic N) is 3. The zero-order valence-electron chi connectivity index (χ0n) is 19.9. The smallest absolute Gasteiger partial charge is 0.289 e. The zero-order valence-corrected chi connectivity index (χ0v) is 19.9. The summed E-state index contributed by atoms with van der Waals surface area (Å²) in [6.07, 6.45) is 1.94. The number of carbonyl (C=O) groups excluding carboxylic acids is 2. The van der Waals surface area contributed by atoms with Gasteiger partial charge < -0.3 is 24.4 Å². The van der Waals surface area contributed by atoms with Gasteiger partial charge in [-0.15, -0.1) is 0 Å². The lowest BCUT2D eigenvalue weighted by Gasteiger charge is -2.27. The maximum absolute atomic E-state index is 13.1. The van der Waals surface area contributed by atoms with Gasteiger partial charge in [-0.2, -0.15) is 0 Å². The standard InChI is InChI=1S/C24H36N4O3/c1-24(2,3)16-22(29)25-19-10-11-20(27(6)7)18(15-19)17-28(13-12-26(4)5)23(30)21-9-8-14-31-21/h8-11,14-15H,12-13,16-17H2,1-7H3,(H,25,29). The van der Waals surface area contributed by atoms with Gasteiger partial charge in [-0.3, -0.25) is 9.59 Å². The third-order valence-corrected chi connectivity index (χ3v) is 4.73. The summed E-state index contributed by atoms with van der Waals surface area (Å²) in [5.74, 6) is 0.144. The Bertz CT molecular complexity index is 867. The Morgan fingerprint density at radius 3 is 2.29 bits per heavy atom. The number of anilines is 2. The Morgan fingerprint density at radius 1 is 1.03 bits per heavy atom. The third-order valence-electron chi connectivity index (χ3n) is 4.73. The Kier molecular flexibility index (Phi) is 8.28. The van der Waals surface area contributed by atoms with Crippen LogP contribution in [0.5, 0.6) is 0 Å². The first-order chi connectivity index (χ1) is 14.5. The first kappa shape index (κ1) is 24.5. The summed E-state index contributed by atoms with van der Waals surface area (Å²) in [5.41, 5.74) is 2.59. The van der Waals surface area contributed by atoms with Gasteiger partial charge >= 0.3 is 0 Å². The van der Waals surface area contributed by atoms with E-state index in [4.69, 9.17) is 4.42 Å². The van der Waals surface area contributed by atoms with Crippen LogP contribution in [0.2, 0.25) is 0 Å². The normalized spacial score (nSPS) is 11.5. The fraction of sp³-hybridized carbons (Fsp3) is 0.500. The number of carbonyl (C=O) groups is 2. The molecule has 170 valence electrons. The largest absolute Gasteiger partial charge is 0.459 e. The topological polar surface area (TPSA) is 69.0 Å². The first-order valence-corrected chi connectivity index (χ1v) is 10.5. The van der Waals surface area contributed by atoms with E-state index in [-0.39, 0.29) is 17.2 Å². The van der Waals surface area contributed by atoms with E-state index in [1.54, 1.807) is 17.0 Å². The molecular weight excluding hydrogens is 392 g/mol. The van der Waals surface area contributed by atoms with Crippen LogP contribution in [0.15, 0.2) is 41.0 Å². The van der Waals surface area contributed by atoms with Gasteiger partial charge in [0.2, 0.25) is 5.91 Å². The van der Waals surface area contributed by atoms with E-state index in [0.29, 0.717) is 25.3 Å². The lowest BCUT2D eigenvalue weighted by molar-refractivity contribution is -0.117. The molecule has 31 heavy (non-hydrogen) atoms. The maximum Gasteiger partial charge on any atom is 0.289 e. The number of likely N-dealkylation sites (N-methyl/N-ethyl adjacent to an activating group) is 1. The predicted molar refractivity (Wildman–Crippen MR) is 125 cm³/mol. The summed E-state index contributed by atoms with van der Waals surface area (Å²) in [6.45, 7) is 7.80. The number of nitrogens with one attached hydrogen (secondary N) is 1. The minimum Gasteiger partial charge on any atom is -0.459 e. The first-order valence-electron chi connectivity index (χ1n) is 10.5. The SMILES string of the molecule is CN(C)CCN(Cc1cc(NC(=O)CC(C)(C)C)ccc1N(C)C)C(=O)c1ccco1. The van der Waals surface area contributed by atoms with E-state index in [1.165, 1.54) is 6.26 Å². The fourth-order valence-electron chi connectivity index (χ4n) is 3.25. The van der Waals surface area contributed by atoms with Crippen LogP contribution in [0.4, 0.5) is 11.4 Å². The molecule has 1 heterocycles. The molecule has 2 rings (SSSR count). The summed E-state index contributed by atoms with van der Waals surface area (Å²) in [4.78, 5) is 31.3. The molecule has 0 aliphatic heterocycles. The van der Waals surface area contributed by atoms with Crippen molar-refractivity contribution in [3.63, 3.8) is 0 Å². The maximum atomic E-state index is 13.1. The van der Waals surface area contributed by atoms with Crippen molar-refractivity contribution < 1.29 is 14.0 Å². The van der Waals surface area contributed by atoms with Crippen molar-refractivity contribution in [2.24, 2.45) is 5.41 Å². The quantitative estimate of drug-likeness (QED) is 0.656. The van der Waals surface area contributed by atoms with Gasteiger partial charge in [0, 0.05) is 51.5 Å². The summed E-state index contributed by atoms with van der Waals surface area (Å²) in [5, 5.41) is 3.00. The molecule has 1 aromatic carbocycles. The average molecular weight is 429 g/mol. The van der Waals surface area contributed by atoms with Crippen molar-refractivity contribution in [1.82, 2.24) is 9.80 Å². The van der Waals surface area contributed by atoms with E-state index < -0.39 is 0 Å². The van der Waals surface area contributed by atoms with E-state index in [2.05, 4.69) is 5.32 Å². The molecule has 7 nitrogen and oxygen atoms in total. The minimum atomic E-state index is -0.154. The van der Waals surface area contributed by atoms with Crippen LogP contribution in [0.25, 0.3) is 0 Å². The van der Waals surface area contributed by atoms with Crippen molar-refractivity contribution in [2.75, 3.05) is 51.5 Å². The Balaban J connectivity index is 2.30. The molecule has 2 amide bonds. The van der Waals surface area contributed by atoms with Crippen LogP contribution in [0.1, 0.15) is 43.3 Å². The molecule has 0 saturated heterocycles. The van der Waals surface area contributed by atoms with Crippen LogP contribution in [0.3, 0.4) is 0 Å². The highest BCUT2D eigenvalue weighted by Crippen LogP contribution is 2.26. The molecule has 2 aromatic rings. The highest BCUT2D eigenvalue weighted by atomic mass is 16.3. The molecule has 0 radical (unpaired) electrons. The molecule has 0 aliphatic rings. The molecule has 1 aromatic heterocycles. The number of hydrogen-bond acceptors (Lipinski definition) is 5. The lowest BCUT2D eigenvalue weighted by Crippen LogP contribution is -2.36. The van der Waals surface area contributed by atoms with Crippen molar-refractivity contribution in [2.45, 2.75) is 33.7 Å². The summed E-state index contributed by atoms with van der Waals surface area (Å²) < 4.78 is 5.35. The summed E-state index contributed by atoms with van der Waals surface area (Å²) >= 11 is 0. The van der Waals surface area contributed by atoms with Crippen LogP contribution >= 0.6 is 0 Å². The molecule has 1 N–H and O–H groups in total. The van der Waals surface area contributed by atoms with E-state index in [0.717, 1.165) is 23.5 Å². The molecule has 0 bridgehead atoms. The van der Waals surface area contributed by atoms with Crippen LogP contribution in [-0.4, -0.2) is 62.9 Å². The zero-order chi connectivity index (χ0) is 23.2. The molecule has 0 aliphatic carbocycles. The van der Waals surface area contributed by atoms with Crippen LogP contribution in [0, 0.1) is 5.41 Å². The van der Waals surface area contributed by atoms with Crippen molar-refractivity contribution in [3.05, 3.63) is 47.9 Å². The van der Waals surface area contributed by atoms with Gasteiger partial charge in [0.25, 0.3) is 5.91 Å². The second-order valence-corrected chi connectivity index (χ2v) is 9.53. The van der Waals surface area contributed by atoms with Gasteiger partial charge in [0.1, 0.15) is 0 Å². The van der Waals surface area contributed by atoms with Gasteiger partial charge in [-0.25, -0.2) is 0 Å². The molecule has 0 fully saturated rings. The van der Waals surface area contributed by atoms with Crippen molar-refractivity contribution >= 4 is 23.2 Å². The van der Waals surface area contributed by atoms with Crippen LogP contribution < -0.4 is 10.2 Å². The van der Waals surface area contributed by atoms with Gasteiger partial charge in [0.15, 0.2) is 5.76 Å². The van der Waals surface area contributed by atoms with Crippen molar-refractivity contribution in [1.29, 1.82) is 0 Å².